The molecule has 2 aromatic heterocycles. The van der Waals surface area contributed by atoms with Gasteiger partial charge in [0, 0.05) is 22.9 Å². The summed E-state index contributed by atoms with van der Waals surface area (Å²) in [5.41, 5.74) is 0.729. The minimum absolute atomic E-state index is 0.0332. The predicted octanol–water partition coefficient (Wildman–Crippen LogP) is 5.64. The van der Waals surface area contributed by atoms with Crippen molar-refractivity contribution in [2.75, 3.05) is 13.2 Å². The third-order valence-corrected chi connectivity index (χ3v) is 6.62. The third kappa shape index (κ3) is 8.30. The van der Waals surface area contributed by atoms with E-state index in [4.69, 9.17) is 49.0 Å². The van der Waals surface area contributed by atoms with Gasteiger partial charge in [-0.05, 0) is 48.6 Å². The normalized spacial score (nSPS) is 13.6. The van der Waals surface area contributed by atoms with Gasteiger partial charge in [-0.1, -0.05) is 40.9 Å². The van der Waals surface area contributed by atoms with Gasteiger partial charge in [0.15, 0.2) is 18.1 Å². The van der Waals surface area contributed by atoms with Crippen molar-refractivity contribution < 1.29 is 47.3 Å². The Morgan fingerprint density at radius 3 is 2.42 bits per heavy atom. The molecule has 1 saturated carbocycles. The van der Waals surface area contributed by atoms with Crippen molar-refractivity contribution in [3.63, 3.8) is 0 Å². The van der Waals surface area contributed by atoms with E-state index in [1.54, 1.807) is 0 Å². The van der Waals surface area contributed by atoms with Gasteiger partial charge in [-0.3, -0.25) is 5.21 Å². The summed E-state index contributed by atoms with van der Waals surface area (Å²) in [4.78, 5) is 28.8. The van der Waals surface area contributed by atoms with E-state index in [1.807, 2.05) is 0 Å². The lowest BCUT2D eigenvalue weighted by Gasteiger charge is -2.21. The van der Waals surface area contributed by atoms with Crippen LogP contribution >= 0.6 is 34.8 Å². The number of pyridine rings is 2. The number of esters is 2. The van der Waals surface area contributed by atoms with Gasteiger partial charge in [-0.2, -0.15) is 8.78 Å². The lowest BCUT2D eigenvalue weighted by Crippen LogP contribution is -2.29. The van der Waals surface area contributed by atoms with Crippen LogP contribution in [0.2, 0.25) is 15.2 Å². The first-order chi connectivity index (χ1) is 19.1. The van der Waals surface area contributed by atoms with Gasteiger partial charge in [0.2, 0.25) is 12.4 Å². The van der Waals surface area contributed by atoms with Gasteiger partial charge in [0.05, 0.1) is 12.2 Å². The molecule has 0 spiro atoms. The number of nitrogens with zero attached hydrogens (tertiary/aromatic N) is 2. The maximum atomic E-state index is 13.0. The first-order valence-corrected chi connectivity index (χ1v) is 13.0. The second-order valence-electron chi connectivity index (χ2n) is 8.78. The Balaban J connectivity index is 1.57. The van der Waals surface area contributed by atoms with Crippen molar-refractivity contribution >= 4 is 46.7 Å². The quantitative estimate of drug-likeness (QED) is 0.120. The molecule has 40 heavy (non-hydrogen) atoms. The highest BCUT2D eigenvalue weighted by Crippen LogP contribution is 2.37. The summed E-state index contributed by atoms with van der Waals surface area (Å²) in [5.74, 6) is -1.59. The van der Waals surface area contributed by atoms with Crippen molar-refractivity contribution in [1.29, 1.82) is 0 Å². The smallest absolute Gasteiger partial charge is 0.387 e. The highest BCUT2D eigenvalue weighted by Gasteiger charge is 2.27. The van der Waals surface area contributed by atoms with Crippen LogP contribution in [0.25, 0.3) is 0 Å². The van der Waals surface area contributed by atoms with Gasteiger partial charge in [-0.25, -0.2) is 14.6 Å². The Hall–Kier alpha value is -3.41. The number of rotatable bonds is 12. The Bertz CT molecular complexity index is 1350. The molecule has 0 unspecified atom stereocenters. The molecule has 0 saturated heterocycles. The summed E-state index contributed by atoms with van der Waals surface area (Å²) >= 11 is 18.3. The zero-order valence-electron chi connectivity index (χ0n) is 20.6. The van der Waals surface area contributed by atoms with E-state index in [9.17, 15) is 23.6 Å². The fourth-order valence-corrected chi connectivity index (χ4v) is 4.29. The zero-order chi connectivity index (χ0) is 28.8. The van der Waals surface area contributed by atoms with Crippen molar-refractivity contribution in [2.45, 2.75) is 32.0 Å². The minimum Gasteiger partial charge on any atom is -0.489 e. The molecule has 14 heteroatoms. The number of aromatic nitrogens is 2. The van der Waals surface area contributed by atoms with E-state index in [1.165, 1.54) is 48.9 Å². The van der Waals surface area contributed by atoms with Gasteiger partial charge in [-0.15, -0.1) is 0 Å². The summed E-state index contributed by atoms with van der Waals surface area (Å²) in [6, 6.07) is 6.88. The molecule has 9 nitrogen and oxygen atoms in total. The average molecular weight is 619 g/mol. The Morgan fingerprint density at radius 1 is 1.07 bits per heavy atom. The standard InChI is InChI=1S/C26H22Cl3F2N2O7/c27-18-10-33(36)11-19(28)17(18)8-21(39-24(34)13-38-25(35)16-4-6-23(29)32-9-16)15-3-5-20(40-26(30)31)22(7-15)37-12-14-1-2-14/h3-7,9-11,14,21,26,36H,1-2,8,12-13H2/q+1/t21-/m0/s1. The SMILES string of the molecule is O=C(COC(=O)c1ccc(Cl)nc1)O[C@@H](Cc1c(Cl)c[n+](O)cc1Cl)c1ccc(OC(F)F)c(OCC2CC2)c1. The Labute approximate surface area is 242 Å². The number of alkyl halides is 2. The van der Waals surface area contributed by atoms with E-state index < -0.39 is 31.3 Å². The van der Waals surface area contributed by atoms with Crippen LogP contribution in [0.15, 0.2) is 48.9 Å². The molecule has 1 N–H and O–H groups in total. The van der Waals surface area contributed by atoms with Crippen LogP contribution in [0.4, 0.5) is 8.78 Å². The van der Waals surface area contributed by atoms with Gasteiger partial charge in [0.25, 0.3) is 0 Å². The molecule has 2 heterocycles. The number of hydrogen-bond donors (Lipinski definition) is 1. The fourth-order valence-electron chi connectivity index (χ4n) is 3.57. The molecule has 1 atom stereocenters. The van der Waals surface area contributed by atoms with Crippen molar-refractivity contribution in [2.24, 2.45) is 5.92 Å². The Kier molecular flexibility index (Phi) is 9.83. The molecule has 0 aliphatic heterocycles. The van der Waals surface area contributed by atoms with Crippen LogP contribution in [-0.2, 0) is 20.7 Å². The molecule has 0 radical (unpaired) electrons. The second-order valence-corrected chi connectivity index (χ2v) is 9.98. The largest absolute Gasteiger partial charge is 0.489 e. The summed E-state index contributed by atoms with van der Waals surface area (Å²) in [6.07, 6.45) is 4.32. The lowest BCUT2D eigenvalue weighted by molar-refractivity contribution is -0.904. The number of carbonyl (C=O) groups excluding carboxylic acids is 2. The summed E-state index contributed by atoms with van der Waals surface area (Å²) in [6.45, 7) is -3.53. The molecular formula is C26H22Cl3F2N2O7+. The van der Waals surface area contributed by atoms with Crippen molar-refractivity contribution in [3.05, 3.63) is 80.8 Å². The maximum Gasteiger partial charge on any atom is 0.387 e. The van der Waals surface area contributed by atoms with Gasteiger partial charge in [0.1, 0.15) is 21.3 Å². The molecule has 3 aromatic rings. The maximum absolute atomic E-state index is 13.0. The highest BCUT2D eigenvalue weighted by atomic mass is 35.5. The number of benzene rings is 1. The van der Waals surface area contributed by atoms with Crippen LogP contribution in [-0.4, -0.2) is 42.0 Å². The summed E-state index contributed by atoms with van der Waals surface area (Å²) in [7, 11) is 0. The fraction of sp³-hybridized carbons (Fsp3) is 0.308. The number of ether oxygens (including phenoxy) is 4. The van der Waals surface area contributed by atoms with Crippen molar-refractivity contribution in [1.82, 2.24) is 4.98 Å². The number of halogens is 5. The van der Waals surface area contributed by atoms with E-state index >= 15 is 0 Å². The van der Waals surface area contributed by atoms with Crippen LogP contribution in [0.1, 0.15) is 40.4 Å². The topological polar surface area (TPSA) is 108 Å². The second kappa shape index (κ2) is 13.3. The van der Waals surface area contributed by atoms with Crippen LogP contribution in [0.5, 0.6) is 11.5 Å². The first kappa shape index (κ1) is 29.6. The van der Waals surface area contributed by atoms with E-state index in [0.717, 1.165) is 12.8 Å². The molecule has 4 rings (SSSR count). The molecular weight excluding hydrogens is 597 g/mol. The average Bonchev–Trinajstić information content (AvgIpc) is 3.73. The molecule has 1 aromatic carbocycles. The summed E-state index contributed by atoms with van der Waals surface area (Å²) in [5, 5.41) is 10.0. The third-order valence-electron chi connectivity index (χ3n) is 5.74. The molecule has 0 bridgehead atoms. The first-order valence-electron chi connectivity index (χ1n) is 11.9. The minimum atomic E-state index is -3.08. The van der Waals surface area contributed by atoms with Crippen LogP contribution in [0.3, 0.4) is 0 Å². The van der Waals surface area contributed by atoms with E-state index in [-0.39, 0.29) is 38.7 Å². The number of hydrogen-bond acceptors (Lipinski definition) is 8. The predicted molar refractivity (Wildman–Crippen MR) is 137 cm³/mol. The monoisotopic (exact) mass is 617 g/mol. The van der Waals surface area contributed by atoms with Gasteiger partial charge < -0.3 is 18.9 Å². The van der Waals surface area contributed by atoms with E-state index in [0.29, 0.717) is 28.4 Å². The Morgan fingerprint density at radius 2 is 1.80 bits per heavy atom. The number of carbonyl (C=O) groups is 2. The zero-order valence-corrected chi connectivity index (χ0v) is 22.8. The molecule has 1 aliphatic carbocycles. The van der Waals surface area contributed by atoms with Crippen LogP contribution < -0.4 is 14.2 Å². The molecule has 1 aliphatic rings. The lowest BCUT2D eigenvalue weighted by atomic mass is 10.0. The highest BCUT2D eigenvalue weighted by molar-refractivity contribution is 6.35. The molecule has 212 valence electrons. The van der Waals surface area contributed by atoms with Gasteiger partial charge >= 0.3 is 18.6 Å². The molecule has 0 amide bonds. The van der Waals surface area contributed by atoms with Crippen LogP contribution in [0, 0.1) is 5.92 Å². The van der Waals surface area contributed by atoms with Crippen molar-refractivity contribution in [3.8, 4) is 11.5 Å². The molecule has 1 fully saturated rings. The summed E-state index contributed by atoms with van der Waals surface area (Å²) < 4.78 is 47.6. The van der Waals surface area contributed by atoms with E-state index in [2.05, 4.69) is 9.72 Å².